The number of halogens is 1. The maximum atomic E-state index is 9.18. The first kappa shape index (κ1) is 14.6. The highest BCUT2D eigenvalue weighted by Crippen LogP contribution is 2.26. The standard InChI is InChI=1S/C15H23ClN2O/c1-2-7-18-8-5-13(6-9-18)17-15-10-12(11-19)3-4-14(15)16/h3-4,10,13,17,19H,2,5-9,11H2,1H3. The van der Waals surface area contributed by atoms with Gasteiger partial charge in [0.05, 0.1) is 17.3 Å². The molecule has 0 radical (unpaired) electrons. The van der Waals surface area contributed by atoms with E-state index in [2.05, 4.69) is 17.1 Å². The number of rotatable bonds is 5. The number of hydrogen-bond acceptors (Lipinski definition) is 3. The third kappa shape index (κ3) is 4.10. The maximum absolute atomic E-state index is 9.18. The highest BCUT2D eigenvalue weighted by molar-refractivity contribution is 6.33. The summed E-state index contributed by atoms with van der Waals surface area (Å²) in [6, 6.07) is 6.14. The van der Waals surface area contributed by atoms with Gasteiger partial charge in [-0.25, -0.2) is 0 Å². The fourth-order valence-electron chi connectivity index (χ4n) is 2.62. The van der Waals surface area contributed by atoms with Gasteiger partial charge in [-0.2, -0.15) is 0 Å². The second-order valence-corrected chi connectivity index (χ2v) is 5.64. The molecule has 0 atom stereocenters. The van der Waals surface area contributed by atoms with Crippen LogP contribution in [0.3, 0.4) is 0 Å². The number of piperidine rings is 1. The van der Waals surface area contributed by atoms with E-state index in [0.29, 0.717) is 6.04 Å². The zero-order chi connectivity index (χ0) is 13.7. The molecule has 1 heterocycles. The second kappa shape index (κ2) is 7.13. The van der Waals surface area contributed by atoms with E-state index in [1.54, 1.807) is 0 Å². The van der Waals surface area contributed by atoms with Crippen LogP contribution in [0.4, 0.5) is 5.69 Å². The Morgan fingerprint density at radius 2 is 2.11 bits per heavy atom. The van der Waals surface area contributed by atoms with Crippen molar-refractivity contribution in [2.45, 2.75) is 38.8 Å². The van der Waals surface area contributed by atoms with Crippen molar-refractivity contribution in [3.05, 3.63) is 28.8 Å². The molecule has 2 N–H and O–H groups in total. The van der Waals surface area contributed by atoms with Crippen LogP contribution in [-0.4, -0.2) is 35.7 Å². The molecule has 1 aromatic carbocycles. The van der Waals surface area contributed by atoms with E-state index in [0.717, 1.165) is 42.2 Å². The molecule has 0 spiro atoms. The average Bonchev–Trinajstić information content (AvgIpc) is 2.44. The van der Waals surface area contributed by atoms with E-state index < -0.39 is 0 Å². The molecule has 0 amide bonds. The molecule has 1 fully saturated rings. The van der Waals surface area contributed by atoms with Gasteiger partial charge in [-0.15, -0.1) is 0 Å². The van der Waals surface area contributed by atoms with Gasteiger partial charge in [-0.1, -0.05) is 24.6 Å². The lowest BCUT2D eigenvalue weighted by molar-refractivity contribution is 0.219. The van der Waals surface area contributed by atoms with E-state index in [9.17, 15) is 5.11 Å². The third-order valence-corrected chi connectivity index (χ3v) is 4.03. The number of hydrogen-bond donors (Lipinski definition) is 2. The van der Waals surface area contributed by atoms with Crippen LogP contribution >= 0.6 is 11.6 Å². The van der Waals surface area contributed by atoms with Crippen molar-refractivity contribution >= 4 is 17.3 Å². The van der Waals surface area contributed by atoms with Crippen LogP contribution in [0.2, 0.25) is 5.02 Å². The summed E-state index contributed by atoms with van der Waals surface area (Å²) in [5, 5.41) is 13.4. The van der Waals surface area contributed by atoms with E-state index in [4.69, 9.17) is 11.6 Å². The highest BCUT2D eigenvalue weighted by atomic mass is 35.5. The van der Waals surface area contributed by atoms with Crippen molar-refractivity contribution in [3.8, 4) is 0 Å². The molecule has 0 saturated carbocycles. The molecule has 1 aliphatic heterocycles. The summed E-state index contributed by atoms with van der Waals surface area (Å²) in [4.78, 5) is 2.52. The van der Waals surface area contributed by atoms with Crippen molar-refractivity contribution in [2.75, 3.05) is 25.0 Å². The van der Waals surface area contributed by atoms with Crippen LogP contribution in [0.1, 0.15) is 31.7 Å². The van der Waals surface area contributed by atoms with Crippen molar-refractivity contribution in [3.63, 3.8) is 0 Å². The molecule has 3 nitrogen and oxygen atoms in total. The van der Waals surface area contributed by atoms with Crippen LogP contribution in [0.5, 0.6) is 0 Å². The first-order valence-electron chi connectivity index (χ1n) is 7.11. The van der Waals surface area contributed by atoms with Gasteiger partial charge in [0.25, 0.3) is 0 Å². The van der Waals surface area contributed by atoms with E-state index >= 15 is 0 Å². The molecule has 1 aliphatic rings. The van der Waals surface area contributed by atoms with Crippen molar-refractivity contribution in [2.24, 2.45) is 0 Å². The van der Waals surface area contributed by atoms with Gasteiger partial charge in [0.15, 0.2) is 0 Å². The molecule has 0 aliphatic carbocycles. The summed E-state index contributed by atoms with van der Waals surface area (Å²) >= 11 is 6.20. The van der Waals surface area contributed by atoms with Crippen LogP contribution < -0.4 is 5.32 Å². The van der Waals surface area contributed by atoms with Crippen LogP contribution in [-0.2, 0) is 6.61 Å². The molecular weight excluding hydrogens is 260 g/mol. The summed E-state index contributed by atoms with van der Waals surface area (Å²) in [6.07, 6.45) is 3.53. The smallest absolute Gasteiger partial charge is 0.0682 e. The van der Waals surface area contributed by atoms with Gasteiger partial charge in [-0.05, 0) is 43.5 Å². The molecule has 0 aromatic heterocycles. The number of nitrogens with zero attached hydrogens (tertiary/aromatic N) is 1. The molecule has 4 heteroatoms. The second-order valence-electron chi connectivity index (χ2n) is 5.23. The Morgan fingerprint density at radius 3 is 2.74 bits per heavy atom. The molecule has 1 aromatic rings. The fourth-order valence-corrected chi connectivity index (χ4v) is 2.79. The average molecular weight is 283 g/mol. The van der Waals surface area contributed by atoms with Crippen LogP contribution in [0.15, 0.2) is 18.2 Å². The summed E-state index contributed by atoms with van der Waals surface area (Å²) in [6.45, 7) is 5.80. The Balaban J connectivity index is 1.91. The summed E-state index contributed by atoms with van der Waals surface area (Å²) in [5.41, 5.74) is 1.84. The Bertz CT molecular complexity index is 403. The fraction of sp³-hybridized carbons (Fsp3) is 0.600. The number of anilines is 1. The Kier molecular flexibility index (Phi) is 5.49. The van der Waals surface area contributed by atoms with Gasteiger partial charge in [0.2, 0.25) is 0 Å². The summed E-state index contributed by atoms with van der Waals surface area (Å²) in [5.74, 6) is 0. The van der Waals surface area contributed by atoms with Gasteiger partial charge < -0.3 is 15.3 Å². The van der Waals surface area contributed by atoms with Crippen molar-refractivity contribution in [1.29, 1.82) is 0 Å². The van der Waals surface area contributed by atoms with Gasteiger partial charge >= 0.3 is 0 Å². The minimum absolute atomic E-state index is 0.0563. The number of nitrogens with one attached hydrogen (secondary N) is 1. The van der Waals surface area contributed by atoms with Crippen molar-refractivity contribution in [1.82, 2.24) is 4.90 Å². The number of benzene rings is 1. The lowest BCUT2D eigenvalue weighted by Crippen LogP contribution is -2.39. The van der Waals surface area contributed by atoms with Crippen LogP contribution in [0.25, 0.3) is 0 Å². The lowest BCUT2D eigenvalue weighted by atomic mass is 10.0. The maximum Gasteiger partial charge on any atom is 0.0682 e. The highest BCUT2D eigenvalue weighted by Gasteiger charge is 2.19. The quantitative estimate of drug-likeness (QED) is 0.871. The lowest BCUT2D eigenvalue weighted by Gasteiger charge is -2.32. The Morgan fingerprint density at radius 1 is 1.37 bits per heavy atom. The number of likely N-dealkylation sites (tertiary alicyclic amines) is 1. The summed E-state index contributed by atoms with van der Waals surface area (Å²) < 4.78 is 0. The Hall–Kier alpha value is -0.770. The minimum Gasteiger partial charge on any atom is -0.392 e. The minimum atomic E-state index is 0.0563. The molecular formula is C15H23ClN2O. The van der Waals surface area contributed by atoms with Crippen molar-refractivity contribution < 1.29 is 5.11 Å². The first-order valence-corrected chi connectivity index (χ1v) is 7.49. The largest absolute Gasteiger partial charge is 0.392 e. The zero-order valence-corrected chi connectivity index (χ0v) is 12.3. The predicted octanol–water partition coefficient (Wildman–Crippen LogP) is 3.12. The Labute approximate surface area is 120 Å². The monoisotopic (exact) mass is 282 g/mol. The molecule has 1 saturated heterocycles. The van der Waals surface area contributed by atoms with Gasteiger partial charge in [0, 0.05) is 19.1 Å². The molecule has 2 rings (SSSR count). The zero-order valence-electron chi connectivity index (χ0n) is 11.5. The summed E-state index contributed by atoms with van der Waals surface area (Å²) in [7, 11) is 0. The topological polar surface area (TPSA) is 35.5 Å². The molecule has 106 valence electrons. The van der Waals surface area contributed by atoms with Gasteiger partial charge in [-0.3, -0.25) is 0 Å². The normalized spacial score (nSPS) is 17.6. The number of aliphatic hydroxyl groups is 1. The molecule has 0 unspecified atom stereocenters. The molecule has 19 heavy (non-hydrogen) atoms. The third-order valence-electron chi connectivity index (χ3n) is 3.70. The van der Waals surface area contributed by atoms with Gasteiger partial charge in [0.1, 0.15) is 0 Å². The van der Waals surface area contributed by atoms with E-state index in [1.807, 2.05) is 18.2 Å². The van der Waals surface area contributed by atoms with E-state index in [1.165, 1.54) is 13.0 Å². The SMILES string of the molecule is CCCN1CCC(Nc2cc(CO)ccc2Cl)CC1. The number of aliphatic hydroxyl groups excluding tert-OH is 1. The van der Waals surface area contributed by atoms with Crippen LogP contribution in [0, 0.1) is 0 Å². The molecule has 0 bridgehead atoms. The predicted molar refractivity (Wildman–Crippen MR) is 80.8 cm³/mol. The first-order chi connectivity index (χ1) is 9.22. The van der Waals surface area contributed by atoms with E-state index in [-0.39, 0.29) is 6.61 Å².